The Kier molecular flexibility index (Phi) is 4.20. The molecular weight excluding hydrogens is 342 g/mol. The van der Waals surface area contributed by atoms with Gasteiger partial charge >= 0.3 is 0 Å². The van der Waals surface area contributed by atoms with Gasteiger partial charge in [0.05, 0.1) is 24.3 Å². The standard InChI is InChI=1S/C16H21N5O3S/c22-16-8-11-2-1-3-14(11)19-21(16)13-6-4-12(5-7-13)20-25(23,24)15-9-17-10-18-15/h8-10,12-13,20H,1-7H2,(H,17,18). The van der Waals surface area contributed by atoms with Crippen molar-refractivity contribution >= 4 is 10.0 Å². The number of sulfonamides is 1. The molecule has 0 amide bonds. The molecule has 9 heteroatoms. The van der Waals surface area contributed by atoms with E-state index < -0.39 is 10.0 Å². The average molecular weight is 363 g/mol. The lowest BCUT2D eigenvalue weighted by Crippen LogP contribution is -2.39. The molecule has 0 bridgehead atoms. The van der Waals surface area contributed by atoms with E-state index in [0.29, 0.717) is 12.8 Å². The third-order valence-electron chi connectivity index (χ3n) is 5.11. The van der Waals surface area contributed by atoms with Crippen LogP contribution in [0.25, 0.3) is 0 Å². The Bertz CT molecular complexity index is 912. The van der Waals surface area contributed by atoms with Crippen LogP contribution in [0.3, 0.4) is 0 Å². The van der Waals surface area contributed by atoms with E-state index in [2.05, 4.69) is 19.8 Å². The number of aromatic amines is 1. The highest BCUT2D eigenvalue weighted by Crippen LogP contribution is 2.28. The summed E-state index contributed by atoms with van der Waals surface area (Å²) < 4.78 is 28.8. The predicted octanol–water partition coefficient (Wildman–Crippen LogP) is 0.917. The number of rotatable bonds is 4. The van der Waals surface area contributed by atoms with Crippen LogP contribution in [0, 0.1) is 0 Å². The van der Waals surface area contributed by atoms with Crippen molar-refractivity contribution in [1.82, 2.24) is 24.5 Å². The minimum Gasteiger partial charge on any atom is -0.335 e. The number of imidazole rings is 1. The van der Waals surface area contributed by atoms with Crippen molar-refractivity contribution in [3.05, 3.63) is 40.2 Å². The number of nitrogens with one attached hydrogen (secondary N) is 2. The summed E-state index contributed by atoms with van der Waals surface area (Å²) in [4.78, 5) is 18.7. The summed E-state index contributed by atoms with van der Waals surface area (Å²) in [5.41, 5.74) is 2.09. The van der Waals surface area contributed by atoms with Crippen LogP contribution in [0.1, 0.15) is 49.4 Å². The molecule has 2 aromatic heterocycles. The fourth-order valence-electron chi connectivity index (χ4n) is 3.79. The van der Waals surface area contributed by atoms with Gasteiger partial charge in [0.1, 0.15) is 0 Å². The smallest absolute Gasteiger partial charge is 0.267 e. The molecular formula is C16H21N5O3S. The summed E-state index contributed by atoms with van der Waals surface area (Å²) in [6.45, 7) is 0. The van der Waals surface area contributed by atoms with Crippen LogP contribution in [0.5, 0.6) is 0 Å². The number of hydrogen-bond acceptors (Lipinski definition) is 5. The third-order valence-corrected chi connectivity index (χ3v) is 6.56. The molecule has 0 spiro atoms. The number of fused-ring (bicyclic) bond motifs is 1. The third kappa shape index (κ3) is 3.25. The molecule has 1 fully saturated rings. The molecule has 8 nitrogen and oxygen atoms in total. The van der Waals surface area contributed by atoms with E-state index in [1.165, 1.54) is 12.5 Å². The van der Waals surface area contributed by atoms with Gasteiger partial charge in [-0.15, -0.1) is 0 Å². The summed E-state index contributed by atoms with van der Waals surface area (Å²) in [5, 5.41) is 4.64. The summed E-state index contributed by atoms with van der Waals surface area (Å²) in [6, 6.07) is 1.64. The monoisotopic (exact) mass is 363 g/mol. The zero-order valence-electron chi connectivity index (χ0n) is 13.8. The predicted molar refractivity (Wildman–Crippen MR) is 90.7 cm³/mol. The molecule has 0 radical (unpaired) electrons. The quantitative estimate of drug-likeness (QED) is 0.839. The van der Waals surface area contributed by atoms with Gasteiger partial charge in [0.2, 0.25) is 0 Å². The van der Waals surface area contributed by atoms with Gasteiger partial charge in [-0.05, 0) is 50.5 Å². The molecule has 2 heterocycles. The maximum Gasteiger partial charge on any atom is 0.267 e. The van der Waals surface area contributed by atoms with E-state index in [1.54, 1.807) is 10.7 Å². The Balaban J connectivity index is 1.43. The van der Waals surface area contributed by atoms with Crippen molar-refractivity contribution in [3.8, 4) is 0 Å². The van der Waals surface area contributed by atoms with Gasteiger partial charge in [-0.25, -0.2) is 22.8 Å². The molecule has 25 heavy (non-hydrogen) atoms. The van der Waals surface area contributed by atoms with E-state index in [9.17, 15) is 13.2 Å². The Labute approximate surface area is 145 Å². The first-order chi connectivity index (χ1) is 12.0. The van der Waals surface area contributed by atoms with Crippen LogP contribution in [0.4, 0.5) is 0 Å². The summed E-state index contributed by atoms with van der Waals surface area (Å²) in [6.07, 6.45) is 8.43. The van der Waals surface area contributed by atoms with Crippen molar-refractivity contribution in [1.29, 1.82) is 0 Å². The maximum absolute atomic E-state index is 12.3. The number of hydrogen-bond donors (Lipinski definition) is 2. The van der Waals surface area contributed by atoms with Gasteiger partial charge < -0.3 is 4.98 Å². The summed E-state index contributed by atoms with van der Waals surface area (Å²) >= 11 is 0. The molecule has 134 valence electrons. The lowest BCUT2D eigenvalue weighted by atomic mass is 9.92. The highest BCUT2D eigenvalue weighted by molar-refractivity contribution is 7.89. The maximum atomic E-state index is 12.3. The molecule has 0 atom stereocenters. The first kappa shape index (κ1) is 16.5. The zero-order valence-corrected chi connectivity index (χ0v) is 14.6. The first-order valence-corrected chi connectivity index (χ1v) is 10.1. The van der Waals surface area contributed by atoms with E-state index in [1.807, 2.05) is 0 Å². The SMILES string of the molecule is O=c1cc2c(nn1C1CCC(NS(=O)(=O)c3cnc[nH]3)CC1)CCC2. The summed E-state index contributed by atoms with van der Waals surface area (Å²) in [7, 11) is -3.57. The van der Waals surface area contributed by atoms with Gasteiger partial charge in [-0.1, -0.05) is 0 Å². The zero-order chi connectivity index (χ0) is 17.4. The Hall–Kier alpha value is -2.00. The second-order valence-electron chi connectivity index (χ2n) is 6.80. The molecule has 4 rings (SSSR count). The largest absolute Gasteiger partial charge is 0.335 e. The number of H-pyrrole nitrogens is 1. The van der Waals surface area contributed by atoms with Gasteiger partial charge in [0, 0.05) is 12.1 Å². The second kappa shape index (κ2) is 6.38. The lowest BCUT2D eigenvalue weighted by Gasteiger charge is -2.29. The fourth-order valence-corrected chi connectivity index (χ4v) is 5.00. The van der Waals surface area contributed by atoms with Crippen molar-refractivity contribution in [2.75, 3.05) is 0 Å². The molecule has 2 aromatic rings. The van der Waals surface area contributed by atoms with Crippen molar-refractivity contribution in [3.63, 3.8) is 0 Å². The van der Waals surface area contributed by atoms with Crippen molar-refractivity contribution in [2.24, 2.45) is 0 Å². The van der Waals surface area contributed by atoms with Gasteiger partial charge in [-0.2, -0.15) is 5.10 Å². The topological polar surface area (TPSA) is 110 Å². The molecule has 2 aliphatic rings. The molecule has 1 saturated carbocycles. The van der Waals surface area contributed by atoms with Gasteiger partial charge in [-0.3, -0.25) is 4.79 Å². The van der Waals surface area contributed by atoms with Crippen LogP contribution in [0.2, 0.25) is 0 Å². The van der Waals surface area contributed by atoms with Crippen LogP contribution in [0.15, 0.2) is 28.4 Å². The molecule has 0 aromatic carbocycles. The number of aryl methyl sites for hydroxylation is 2. The normalized spacial score (nSPS) is 23.5. The Morgan fingerprint density at radius 1 is 1.20 bits per heavy atom. The van der Waals surface area contributed by atoms with Crippen LogP contribution in [-0.2, 0) is 22.9 Å². The Morgan fingerprint density at radius 3 is 2.72 bits per heavy atom. The summed E-state index contributed by atoms with van der Waals surface area (Å²) in [5.74, 6) is 0. The van der Waals surface area contributed by atoms with Gasteiger partial charge in [0.15, 0.2) is 5.03 Å². The molecule has 2 aliphatic carbocycles. The van der Waals surface area contributed by atoms with E-state index in [0.717, 1.165) is 43.4 Å². The highest BCUT2D eigenvalue weighted by atomic mass is 32.2. The van der Waals surface area contributed by atoms with E-state index in [4.69, 9.17) is 0 Å². The van der Waals surface area contributed by atoms with Crippen LogP contribution >= 0.6 is 0 Å². The van der Waals surface area contributed by atoms with E-state index >= 15 is 0 Å². The fraction of sp³-hybridized carbons (Fsp3) is 0.562. The first-order valence-electron chi connectivity index (χ1n) is 8.65. The molecule has 0 saturated heterocycles. The van der Waals surface area contributed by atoms with Gasteiger partial charge in [0.25, 0.3) is 15.6 Å². The average Bonchev–Trinajstić information content (AvgIpc) is 3.26. The van der Waals surface area contributed by atoms with E-state index in [-0.39, 0.29) is 22.7 Å². The highest BCUT2D eigenvalue weighted by Gasteiger charge is 2.28. The molecule has 0 unspecified atom stereocenters. The minimum atomic E-state index is -3.57. The minimum absolute atomic E-state index is 0.0397. The van der Waals surface area contributed by atoms with Crippen LogP contribution < -0.4 is 10.3 Å². The Morgan fingerprint density at radius 2 is 2.00 bits per heavy atom. The van der Waals surface area contributed by atoms with Crippen molar-refractivity contribution in [2.45, 2.75) is 62.1 Å². The molecule has 2 N–H and O–H groups in total. The second-order valence-corrected chi connectivity index (χ2v) is 8.48. The van der Waals surface area contributed by atoms with Crippen molar-refractivity contribution < 1.29 is 8.42 Å². The van der Waals surface area contributed by atoms with Crippen LogP contribution in [-0.4, -0.2) is 34.2 Å². The lowest BCUT2D eigenvalue weighted by molar-refractivity contribution is 0.284. The molecule has 0 aliphatic heterocycles. The number of nitrogens with zero attached hydrogens (tertiary/aromatic N) is 3. The number of aromatic nitrogens is 4.